The van der Waals surface area contributed by atoms with Gasteiger partial charge in [-0.1, -0.05) is 0 Å². The van der Waals surface area contributed by atoms with Crippen molar-refractivity contribution in [1.82, 2.24) is 9.97 Å². The van der Waals surface area contributed by atoms with Crippen molar-refractivity contribution >= 4 is 17.4 Å². The smallest absolute Gasteiger partial charge is 0.224 e. The van der Waals surface area contributed by atoms with Crippen molar-refractivity contribution in [2.75, 3.05) is 18.5 Å². The lowest BCUT2D eigenvalue weighted by Gasteiger charge is -2.23. The van der Waals surface area contributed by atoms with Crippen molar-refractivity contribution in [2.45, 2.75) is 25.8 Å². The Labute approximate surface area is 94.0 Å². The number of nitrogens with one attached hydrogen (secondary N) is 1. The maximum atomic E-state index is 5.77. The molecule has 5 heteroatoms. The van der Waals surface area contributed by atoms with Gasteiger partial charge in [0.05, 0.1) is 12.6 Å². The molecule has 1 aromatic heterocycles. The Kier molecular flexibility index (Phi) is 3.38. The molecule has 4 nitrogen and oxygen atoms in total. The molecule has 15 heavy (non-hydrogen) atoms. The minimum absolute atomic E-state index is 0.286. The van der Waals surface area contributed by atoms with E-state index < -0.39 is 0 Å². The topological polar surface area (TPSA) is 47.0 Å². The molecule has 1 N–H and O–H groups in total. The molecule has 0 aliphatic carbocycles. The van der Waals surface area contributed by atoms with Crippen LogP contribution in [0, 0.1) is 6.92 Å². The van der Waals surface area contributed by atoms with E-state index in [0.29, 0.717) is 6.04 Å². The van der Waals surface area contributed by atoms with Crippen molar-refractivity contribution in [1.29, 1.82) is 0 Å². The maximum absolute atomic E-state index is 5.77. The first-order valence-electron chi connectivity index (χ1n) is 5.09. The van der Waals surface area contributed by atoms with Crippen LogP contribution in [0.2, 0.25) is 5.28 Å². The second-order valence-corrected chi connectivity index (χ2v) is 4.06. The van der Waals surface area contributed by atoms with Crippen molar-refractivity contribution in [3.63, 3.8) is 0 Å². The monoisotopic (exact) mass is 227 g/mol. The third-order valence-electron chi connectivity index (χ3n) is 2.34. The molecule has 2 rings (SSSR count). The maximum Gasteiger partial charge on any atom is 0.224 e. The van der Waals surface area contributed by atoms with Crippen molar-refractivity contribution in [3.8, 4) is 0 Å². The summed E-state index contributed by atoms with van der Waals surface area (Å²) in [5.41, 5.74) is 0.870. The van der Waals surface area contributed by atoms with Crippen LogP contribution in [0.3, 0.4) is 0 Å². The fourth-order valence-corrected chi connectivity index (χ4v) is 1.89. The Morgan fingerprint density at radius 2 is 2.40 bits per heavy atom. The van der Waals surface area contributed by atoms with Crippen LogP contribution in [0.25, 0.3) is 0 Å². The predicted molar refractivity (Wildman–Crippen MR) is 59.2 cm³/mol. The Morgan fingerprint density at radius 1 is 1.53 bits per heavy atom. The van der Waals surface area contributed by atoms with Crippen molar-refractivity contribution in [2.24, 2.45) is 0 Å². The Hall–Kier alpha value is -0.870. The first-order chi connectivity index (χ1) is 7.24. The quantitative estimate of drug-likeness (QED) is 0.786. The number of aryl methyl sites for hydroxylation is 1. The highest BCUT2D eigenvalue weighted by Crippen LogP contribution is 2.14. The number of aromatic nitrogens is 2. The molecule has 1 saturated heterocycles. The Bertz CT molecular complexity index is 319. The second-order valence-electron chi connectivity index (χ2n) is 3.72. The molecular weight excluding hydrogens is 214 g/mol. The predicted octanol–water partition coefficient (Wildman–Crippen LogP) is 2.03. The average Bonchev–Trinajstić information content (AvgIpc) is 2.17. The van der Waals surface area contributed by atoms with E-state index in [1.54, 1.807) is 0 Å². The lowest BCUT2D eigenvalue weighted by molar-refractivity contribution is 0.0875. The lowest BCUT2D eigenvalue weighted by Crippen LogP contribution is -2.30. The minimum Gasteiger partial charge on any atom is -0.379 e. The van der Waals surface area contributed by atoms with Gasteiger partial charge < -0.3 is 10.1 Å². The number of hydrogen-bond donors (Lipinski definition) is 1. The molecule has 0 bridgehead atoms. The molecule has 1 fully saturated rings. The van der Waals surface area contributed by atoms with Gasteiger partial charge in [-0.25, -0.2) is 9.97 Å². The molecule has 1 aromatic rings. The van der Waals surface area contributed by atoms with E-state index in [4.69, 9.17) is 16.3 Å². The fourth-order valence-electron chi connectivity index (χ4n) is 1.67. The van der Waals surface area contributed by atoms with Gasteiger partial charge in [0.15, 0.2) is 0 Å². The normalized spacial score (nSPS) is 21.3. The summed E-state index contributed by atoms with van der Waals surface area (Å²) in [7, 11) is 0. The zero-order valence-corrected chi connectivity index (χ0v) is 9.42. The molecule has 0 radical (unpaired) electrons. The zero-order valence-electron chi connectivity index (χ0n) is 8.66. The Morgan fingerprint density at radius 3 is 3.07 bits per heavy atom. The third kappa shape index (κ3) is 3.04. The van der Waals surface area contributed by atoms with Crippen molar-refractivity contribution in [3.05, 3.63) is 17.0 Å². The Balaban J connectivity index is 2.02. The first-order valence-corrected chi connectivity index (χ1v) is 5.47. The highest BCUT2D eigenvalue weighted by molar-refractivity contribution is 6.28. The van der Waals surface area contributed by atoms with Gasteiger partial charge in [-0.15, -0.1) is 0 Å². The molecule has 0 amide bonds. The standard InChI is InChI=1S/C10H14ClN3O/c1-7-5-9(14-10(11)12-7)13-8-3-2-4-15-6-8/h5,8H,2-4,6H2,1H3,(H,12,13,14). The summed E-state index contributed by atoms with van der Waals surface area (Å²) in [5, 5.41) is 3.59. The molecule has 0 saturated carbocycles. The van der Waals surface area contributed by atoms with Gasteiger partial charge in [0.2, 0.25) is 5.28 Å². The summed E-state index contributed by atoms with van der Waals surface area (Å²) in [5.74, 6) is 0.781. The van der Waals surface area contributed by atoms with Crippen LogP contribution in [0.15, 0.2) is 6.07 Å². The first kappa shape index (κ1) is 10.6. The average molecular weight is 228 g/mol. The van der Waals surface area contributed by atoms with E-state index in [1.807, 2.05) is 13.0 Å². The summed E-state index contributed by atoms with van der Waals surface area (Å²) in [4.78, 5) is 8.13. The van der Waals surface area contributed by atoms with E-state index in [2.05, 4.69) is 15.3 Å². The number of anilines is 1. The van der Waals surface area contributed by atoms with Gasteiger partial charge in [0.25, 0.3) is 0 Å². The molecule has 1 atom stereocenters. The van der Waals surface area contributed by atoms with Crippen LogP contribution in [0.5, 0.6) is 0 Å². The van der Waals surface area contributed by atoms with Crippen LogP contribution in [-0.2, 0) is 4.74 Å². The lowest BCUT2D eigenvalue weighted by atomic mass is 10.1. The third-order valence-corrected chi connectivity index (χ3v) is 2.51. The van der Waals surface area contributed by atoms with Gasteiger partial charge in [0.1, 0.15) is 5.82 Å². The fraction of sp³-hybridized carbons (Fsp3) is 0.600. The molecule has 1 aliphatic heterocycles. The molecule has 82 valence electrons. The summed E-state index contributed by atoms with van der Waals surface area (Å²) in [6.45, 7) is 3.50. The van der Waals surface area contributed by atoms with Crippen LogP contribution >= 0.6 is 11.6 Å². The van der Waals surface area contributed by atoms with Gasteiger partial charge in [-0.05, 0) is 31.4 Å². The highest BCUT2D eigenvalue weighted by Gasteiger charge is 2.14. The van der Waals surface area contributed by atoms with E-state index in [1.165, 1.54) is 0 Å². The number of halogens is 1. The number of rotatable bonds is 2. The van der Waals surface area contributed by atoms with Gasteiger partial charge in [0, 0.05) is 18.4 Å². The van der Waals surface area contributed by atoms with Crippen LogP contribution < -0.4 is 5.32 Å². The van der Waals surface area contributed by atoms with E-state index >= 15 is 0 Å². The van der Waals surface area contributed by atoms with E-state index in [9.17, 15) is 0 Å². The van der Waals surface area contributed by atoms with E-state index in [-0.39, 0.29) is 5.28 Å². The number of hydrogen-bond acceptors (Lipinski definition) is 4. The van der Waals surface area contributed by atoms with Crippen LogP contribution in [0.4, 0.5) is 5.82 Å². The SMILES string of the molecule is Cc1cc(NC2CCCOC2)nc(Cl)n1. The molecule has 0 aromatic carbocycles. The molecule has 1 aliphatic rings. The molecule has 0 spiro atoms. The summed E-state index contributed by atoms with van der Waals surface area (Å²) < 4.78 is 5.38. The van der Waals surface area contributed by atoms with Gasteiger partial charge in [-0.2, -0.15) is 0 Å². The molecular formula is C10H14ClN3O. The summed E-state index contributed by atoms with van der Waals surface area (Å²) in [6, 6.07) is 2.23. The summed E-state index contributed by atoms with van der Waals surface area (Å²) >= 11 is 5.77. The van der Waals surface area contributed by atoms with Gasteiger partial charge in [-0.3, -0.25) is 0 Å². The number of ether oxygens (including phenoxy) is 1. The van der Waals surface area contributed by atoms with Crippen molar-refractivity contribution < 1.29 is 4.74 Å². The minimum atomic E-state index is 0.286. The van der Waals surface area contributed by atoms with Gasteiger partial charge >= 0.3 is 0 Å². The number of nitrogens with zero attached hydrogens (tertiary/aromatic N) is 2. The van der Waals surface area contributed by atoms with E-state index in [0.717, 1.165) is 37.6 Å². The van der Waals surface area contributed by atoms with Crippen LogP contribution in [-0.4, -0.2) is 29.2 Å². The molecule has 1 unspecified atom stereocenters. The molecule has 2 heterocycles. The highest BCUT2D eigenvalue weighted by atomic mass is 35.5. The largest absolute Gasteiger partial charge is 0.379 e. The summed E-state index contributed by atoms with van der Waals surface area (Å²) in [6.07, 6.45) is 2.20. The second kappa shape index (κ2) is 4.77. The van der Waals surface area contributed by atoms with Crippen LogP contribution in [0.1, 0.15) is 18.5 Å². The zero-order chi connectivity index (χ0) is 10.7.